The Bertz CT molecular complexity index is 420. The van der Waals surface area contributed by atoms with Crippen LogP contribution in [0.25, 0.3) is 0 Å². The van der Waals surface area contributed by atoms with Crippen LogP contribution in [0.4, 0.5) is 0 Å². The molecule has 0 saturated carbocycles. The Hall–Kier alpha value is -1.84. The second-order valence-electron chi connectivity index (χ2n) is 5.44. The zero-order chi connectivity index (χ0) is 15.1. The normalized spacial score (nSPS) is 10.7. The van der Waals surface area contributed by atoms with E-state index in [0.717, 1.165) is 0 Å². The maximum absolute atomic E-state index is 12.0. The van der Waals surface area contributed by atoms with Crippen molar-refractivity contribution < 1.29 is 19.1 Å². The molecule has 1 rings (SSSR count). The molecule has 0 N–H and O–H groups in total. The van der Waals surface area contributed by atoms with Crippen molar-refractivity contribution in [1.29, 1.82) is 0 Å². The van der Waals surface area contributed by atoms with Crippen molar-refractivity contribution in [3.63, 3.8) is 0 Å². The van der Waals surface area contributed by atoms with Gasteiger partial charge in [0.05, 0.1) is 24.3 Å². The number of benzene rings is 1. The smallest absolute Gasteiger partial charge is 0.339 e. The van der Waals surface area contributed by atoms with Gasteiger partial charge in [0, 0.05) is 0 Å². The molecule has 1 aromatic rings. The molecule has 0 aliphatic carbocycles. The maximum atomic E-state index is 12.0. The first kappa shape index (κ1) is 16.2. The van der Waals surface area contributed by atoms with E-state index in [2.05, 4.69) is 6.07 Å². The lowest BCUT2D eigenvalue weighted by atomic mass is 10.1. The first-order valence-electron chi connectivity index (χ1n) is 6.76. The summed E-state index contributed by atoms with van der Waals surface area (Å²) < 4.78 is 10.3. The largest absolute Gasteiger partial charge is 0.462 e. The second-order valence-corrected chi connectivity index (χ2v) is 5.44. The van der Waals surface area contributed by atoms with Crippen LogP contribution in [-0.2, 0) is 9.47 Å². The number of hydrogen-bond acceptors (Lipinski definition) is 4. The van der Waals surface area contributed by atoms with Gasteiger partial charge in [-0.1, -0.05) is 39.8 Å². The molecule has 0 atom stereocenters. The molecule has 4 nitrogen and oxygen atoms in total. The van der Waals surface area contributed by atoms with Gasteiger partial charge in [-0.25, -0.2) is 9.59 Å². The summed E-state index contributed by atoms with van der Waals surface area (Å²) in [5, 5.41) is 0. The molecule has 20 heavy (non-hydrogen) atoms. The highest BCUT2D eigenvalue weighted by atomic mass is 16.5. The van der Waals surface area contributed by atoms with Crippen molar-refractivity contribution in [2.75, 3.05) is 13.2 Å². The van der Waals surface area contributed by atoms with Gasteiger partial charge in [0.25, 0.3) is 0 Å². The van der Waals surface area contributed by atoms with Gasteiger partial charge in [-0.05, 0) is 24.0 Å². The minimum absolute atomic E-state index is 0.127. The zero-order valence-electron chi connectivity index (χ0n) is 12.4. The molecule has 0 aliphatic heterocycles. The van der Waals surface area contributed by atoms with Gasteiger partial charge < -0.3 is 9.47 Å². The summed E-state index contributed by atoms with van der Waals surface area (Å²) in [4.78, 5) is 23.9. The van der Waals surface area contributed by atoms with E-state index in [-0.39, 0.29) is 23.0 Å². The number of ether oxygens (including phenoxy) is 2. The van der Waals surface area contributed by atoms with Crippen LogP contribution in [0, 0.1) is 17.9 Å². The predicted octanol–water partition coefficient (Wildman–Crippen LogP) is 3.11. The summed E-state index contributed by atoms with van der Waals surface area (Å²) >= 11 is 0. The summed E-state index contributed by atoms with van der Waals surface area (Å²) in [6, 6.07) is 7.52. The average molecular weight is 277 g/mol. The minimum atomic E-state index is -0.546. The monoisotopic (exact) mass is 277 g/mol. The molecule has 1 radical (unpaired) electrons. The van der Waals surface area contributed by atoms with E-state index >= 15 is 0 Å². The van der Waals surface area contributed by atoms with Crippen LogP contribution in [-0.4, -0.2) is 25.2 Å². The molecule has 4 heteroatoms. The first-order valence-corrected chi connectivity index (χ1v) is 6.76. The fraction of sp³-hybridized carbons (Fsp3) is 0.500. The molecule has 0 fully saturated rings. The van der Waals surface area contributed by atoms with E-state index in [4.69, 9.17) is 9.47 Å². The number of carbonyl (C=O) groups excluding carboxylic acids is 2. The highest BCUT2D eigenvalue weighted by molar-refractivity contribution is 6.02. The van der Waals surface area contributed by atoms with Crippen molar-refractivity contribution in [3.8, 4) is 0 Å². The van der Waals surface area contributed by atoms with Crippen molar-refractivity contribution >= 4 is 11.9 Å². The molecule has 1 aromatic carbocycles. The predicted molar refractivity (Wildman–Crippen MR) is 75.5 cm³/mol. The van der Waals surface area contributed by atoms with E-state index in [1.54, 1.807) is 18.2 Å². The molecule has 0 aromatic heterocycles. The number of carbonyl (C=O) groups is 2. The summed E-state index contributed by atoms with van der Waals surface area (Å²) in [6.45, 7) is 8.40. The summed E-state index contributed by atoms with van der Waals surface area (Å²) in [6.07, 6.45) is 0. The molecular formula is C16H21O4. The van der Waals surface area contributed by atoms with Gasteiger partial charge in [-0.15, -0.1) is 0 Å². The van der Waals surface area contributed by atoms with Crippen molar-refractivity contribution in [1.82, 2.24) is 0 Å². The second kappa shape index (κ2) is 7.68. The number of esters is 2. The van der Waals surface area contributed by atoms with Crippen LogP contribution >= 0.6 is 0 Å². The third-order valence-electron chi connectivity index (χ3n) is 2.38. The molecule has 109 valence electrons. The van der Waals surface area contributed by atoms with Crippen molar-refractivity contribution in [3.05, 3.63) is 35.4 Å². The highest BCUT2D eigenvalue weighted by Crippen LogP contribution is 2.12. The van der Waals surface area contributed by atoms with Crippen LogP contribution in [0.2, 0.25) is 0 Å². The lowest BCUT2D eigenvalue weighted by molar-refractivity contribution is 0.0412. The average Bonchev–Trinajstić information content (AvgIpc) is 2.42. The Morgan fingerprint density at radius 2 is 1.60 bits per heavy atom. The van der Waals surface area contributed by atoms with Gasteiger partial charge in [-0.3, -0.25) is 0 Å². The van der Waals surface area contributed by atoms with Gasteiger partial charge >= 0.3 is 11.9 Å². The van der Waals surface area contributed by atoms with Gasteiger partial charge in [0.2, 0.25) is 0 Å². The Kier molecular flexibility index (Phi) is 6.22. The topological polar surface area (TPSA) is 52.6 Å². The highest BCUT2D eigenvalue weighted by Gasteiger charge is 2.19. The van der Waals surface area contributed by atoms with Gasteiger partial charge in [0.1, 0.15) is 0 Å². The molecule has 0 spiro atoms. The van der Waals surface area contributed by atoms with Crippen molar-refractivity contribution in [2.24, 2.45) is 11.8 Å². The van der Waals surface area contributed by atoms with Crippen LogP contribution < -0.4 is 0 Å². The standard InChI is InChI=1S/C16H21O4/c1-11(2)9-19-15(17)13-7-5-6-8-14(13)16(18)20-10-12(3)4/h5-7,11-12H,9-10H2,1-4H3. The molecular weight excluding hydrogens is 256 g/mol. The fourth-order valence-corrected chi connectivity index (χ4v) is 1.41. The maximum Gasteiger partial charge on any atom is 0.339 e. The Balaban J connectivity index is 2.82. The third-order valence-corrected chi connectivity index (χ3v) is 2.38. The molecule has 0 saturated heterocycles. The van der Waals surface area contributed by atoms with Gasteiger partial charge in [-0.2, -0.15) is 0 Å². The fourth-order valence-electron chi connectivity index (χ4n) is 1.41. The third kappa shape index (κ3) is 5.03. The molecule has 0 aliphatic rings. The molecule has 0 bridgehead atoms. The Morgan fingerprint density at radius 1 is 1.05 bits per heavy atom. The summed E-state index contributed by atoms with van der Waals surface area (Å²) in [5.74, 6) is -0.593. The van der Waals surface area contributed by atoms with E-state index in [0.29, 0.717) is 13.2 Å². The van der Waals surface area contributed by atoms with Crippen LogP contribution in [0.1, 0.15) is 48.4 Å². The zero-order valence-corrected chi connectivity index (χ0v) is 12.4. The summed E-state index contributed by atoms with van der Waals surface area (Å²) in [5.41, 5.74) is 0.323. The van der Waals surface area contributed by atoms with E-state index < -0.39 is 11.9 Å². The Labute approximate surface area is 120 Å². The molecule has 0 unspecified atom stereocenters. The molecule has 0 amide bonds. The van der Waals surface area contributed by atoms with Crippen molar-refractivity contribution in [2.45, 2.75) is 27.7 Å². The van der Waals surface area contributed by atoms with Crippen LogP contribution in [0.15, 0.2) is 18.2 Å². The van der Waals surface area contributed by atoms with E-state index in [1.165, 1.54) is 0 Å². The quantitative estimate of drug-likeness (QED) is 0.750. The van der Waals surface area contributed by atoms with Gasteiger partial charge in [0.15, 0.2) is 0 Å². The molecule has 0 heterocycles. The first-order chi connectivity index (χ1) is 9.41. The lowest BCUT2D eigenvalue weighted by Crippen LogP contribution is -2.17. The Morgan fingerprint density at radius 3 is 2.15 bits per heavy atom. The summed E-state index contributed by atoms with van der Waals surface area (Å²) in [7, 11) is 0. The van der Waals surface area contributed by atoms with Crippen LogP contribution in [0.3, 0.4) is 0 Å². The number of rotatable bonds is 6. The number of hydrogen-bond donors (Lipinski definition) is 0. The van der Waals surface area contributed by atoms with Crippen LogP contribution in [0.5, 0.6) is 0 Å². The minimum Gasteiger partial charge on any atom is -0.462 e. The SMILES string of the molecule is CC(C)COC(=O)c1[c]cccc1C(=O)OCC(C)C. The van der Waals surface area contributed by atoms with E-state index in [9.17, 15) is 9.59 Å². The van der Waals surface area contributed by atoms with E-state index in [1.807, 2.05) is 27.7 Å². The lowest BCUT2D eigenvalue weighted by Gasteiger charge is -2.11.